The lowest BCUT2D eigenvalue weighted by Gasteiger charge is -2.27. The molecule has 1 aromatic heterocycles. The smallest absolute Gasteiger partial charge is 0.294 e. The molecule has 0 aliphatic carbocycles. The van der Waals surface area contributed by atoms with Crippen molar-refractivity contribution in [3.05, 3.63) is 113 Å². The largest absolute Gasteiger partial charge is 0.344 e. The topological polar surface area (TPSA) is 190 Å². The highest BCUT2D eigenvalue weighted by Gasteiger charge is 2.44. The molecule has 13 nitrogen and oxygen atoms in total. The fourth-order valence-electron chi connectivity index (χ4n) is 8.13. The van der Waals surface area contributed by atoms with Crippen molar-refractivity contribution in [3.63, 3.8) is 0 Å². The van der Waals surface area contributed by atoms with Crippen LogP contribution in [0, 0.1) is 6.92 Å². The fraction of sp³-hybridized carbons (Fsp3) is 0.432. The van der Waals surface area contributed by atoms with E-state index in [-0.39, 0.29) is 35.8 Å². The van der Waals surface area contributed by atoms with Crippen molar-refractivity contribution >= 4 is 58.8 Å². The minimum Gasteiger partial charge on any atom is -0.344 e. The van der Waals surface area contributed by atoms with Crippen LogP contribution < -0.4 is 9.47 Å². The predicted octanol–water partition coefficient (Wildman–Crippen LogP) is 6.93. The molecule has 3 heterocycles. The standard InChI is InChI=1S/C44H55N3O10S3/c1-32-13-17-39-37(30-32)43(3,4)41(46(39)24-10-28-58(49,50)51)19-14-34(35-21-26-45(27-22-35)23-9-7-8-12-33(2)48)15-20-42-44(5,6)38-31-36(60(55,56)57)16-18-40(38)47(42)25-11-29-59(52,53)54/h13-22,26-27,30-31H,7-12,23-25,28-29H2,1-6H3,(H-2,49,50,51,52,53,54,55,56,57)/p+2. The van der Waals surface area contributed by atoms with Gasteiger partial charge in [0.25, 0.3) is 30.4 Å². The molecule has 2 aliphatic rings. The first-order chi connectivity index (χ1) is 27.9. The van der Waals surface area contributed by atoms with E-state index in [0.717, 1.165) is 65.2 Å². The molecule has 16 heteroatoms. The number of anilines is 1. The Kier molecular flexibility index (Phi) is 14.3. The third-order valence-corrected chi connectivity index (χ3v) is 13.7. The number of hydrogen-bond acceptors (Lipinski definition) is 8. The van der Waals surface area contributed by atoms with Gasteiger partial charge in [-0.2, -0.15) is 29.8 Å². The Morgan fingerprint density at radius 3 is 2.07 bits per heavy atom. The number of benzene rings is 2. The molecule has 3 N–H and O–H groups in total. The Balaban J connectivity index is 1.63. The van der Waals surface area contributed by atoms with Crippen molar-refractivity contribution in [2.75, 3.05) is 29.5 Å². The van der Waals surface area contributed by atoms with Gasteiger partial charge in [0, 0.05) is 72.4 Å². The number of hydrogen-bond donors (Lipinski definition) is 3. The maximum atomic E-state index is 12.2. The minimum absolute atomic E-state index is 0.0799. The maximum absolute atomic E-state index is 12.2. The molecule has 0 saturated heterocycles. The number of aryl methyl sites for hydroxylation is 2. The third-order valence-electron chi connectivity index (χ3n) is 11.3. The predicted molar refractivity (Wildman–Crippen MR) is 234 cm³/mol. The Hall–Kier alpha value is -4.32. The molecule has 60 heavy (non-hydrogen) atoms. The number of aromatic nitrogens is 1. The van der Waals surface area contributed by atoms with E-state index in [9.17, 15) is 43.7 Å². The van der Waals surface area contributed by atoms with Gasteiger partial charge < -0.3 is 9.69 Å². The van der Waals surface area contributed by atoms with Gasteiger partial charge in [0.05, 0.1) is 21.8 Å². The molecule has 0 unspecified atom stereocenters. The number of fused-ring (bicyclic) bond motifs is 2. The van der Waals surface area contributed by atoms with Crippen molar-refractivity contribution in [2.24, 2.45) is 0 Å². The van der Waals surface area contributed by atoms with E-state index in [0.29, 0.717) is 24.2 Å². The summed E-state index contributed by atoms with van der Waals surface area (Å²) in [6, 6.07) is 14.5. The Morgan fingerprint density at radius 2 is 1.43 bits per heavy atom. The lowest BCUT2D eigenvalue weighted by atomic mass is 9.80. The SMILES string of the molecule is CC(=O)CCCCC[n+]1ccc(C(=C\C=C2\N(CCCS(=O)(=O)O)c3ccc(S(=O)(=O)O)cc3C2(C)C)/C=C/C2=[N+](CCCS(=O)(=O)O)c3ccc(C)cc3C2(C)C)cc1. The van der Waals surface area contributed by atoms with Crippen LogP contribution in [0.25, 0.3) is 5.57 Å². The van der Waals surface area contributed by atoms with Gasteiger partial charge in [-0.25, -0.2) is 4.57 Å². The first-order valence-electron chi connectivity index (χ1n) is 20.0. The quantitative estimate of drug-likeness (QED) is 0.0490. The molecular formula is C44H57N3O10S3+2. The minimum atomic E-state index is -4.52. The summed E-state index contributed by atoms with van der Waals surface area (Å²) in [5.74, 6) is -0.675. The lowest BCUT2D eigenvalue weighted by Crippen LogP contribution is -2.32. The number of nitrogens with zero attached hydrogens (tertiary/aromatic N) is 3. The highest BCUT2D eigenvalue weighted by molar-refractivity contribution is 7.86. The molecule has 2 aliphatic heterocycles. The molecule has 0 saturated carbocycles. The molecule has 0 atom stereocenters. The van der Waals surface area contributed by atoms with E-state index in [2.05, 4.69) is 29.1 Å². The van der Waals surface area contributed by atoms with Gasteiger partial charge in [0.15, 0.2) is 18.1 Å². The monoisotopic (exact) mass is 883 g/mol. The molecular weight excluding hydrogens is 827 g/mol. The second-order valence-electron chi connectivity index (χ2n) is 16.7. The van der Waals surface area contributed by atoms with Crippen molar-refractivity contribution in [3.8, 4) is 0 Å². The summed E-state index contributed by atoms with van der Waals surface area (Å²) in [5, 5.41) is 0. The second-order valence-corrected chi connectivity index (χ2v) is 21.3. The number of carbonyl (C=O) groups excluding carboxylic acids is 1. The van der Waals surface area contributed by atoms with E-state index in [1.54, 1.807) is 13.0 Å². The van der Waals surface area contributed by atoms with Gasteiger partial charge in [0.2, 0.25) is 5.69 Å². The Bertz CT molecular complexity index is 2590. The van der Waals surface area contributed by atoms with Crippen LogP contribution in [0.3, 0.4) is 0 Å². The van der Waals surface area contributed by atoms with Crippen molar-refractivity contribution in [1.82, 2.24) is 0 Å². The summed E-state index contributed by atoms with van der Waals surface area (Å²) in [5.41, 5.74) is 6.40. The third kappa shape index (κ3) is 11.5. The van der Waals surface area contributed by atoms with Crippen LogP contribution in [0.4, 0.5) is 11.4 Å². The van der Waals surface area contributed by atoms with Crippen LogP contribution in [0.15, 0.2) is 95.8 Å². The summed E-state index contributed by atoms with van der Waals surface area (Å²) in [7, 11) is -12.9. The summed E-state index contributed by atoms with van der Waals surface area (Å²) in [4.78, 5) is 13.0. The van der Waals surface area contributed by atoms with Crippen LogP contribution in [-0.4, -0.2) is 79.6 Å². The number of rotatable bonds is 19. The highest BCUT2D eigenvalue weighted by atomic mass is 32.2. The first-order valence-corrected chi connectivity index (χ1v) is 24.7. The summed E-state index contributed by atoms with van der Waals surface area (Å²) >= 11 is 0. The number of Topliss-reactive ketones (excluding diaryl/α,β-unsaturated/α-hetero) is 1. The summed E-state index contributed by atoms with van der Waals surface area (Å²) in [6.07, 6.45) is 15.4. The molecule has 0 fully saturated rings. The lowest BCUT2D eigenvalue weighted by molar-refractivity contribution is -0.697. The van der Waals surface area contributed by atoms with Crippen molar-refractivity contribution in [1.29, 1.82) is 0 Å². The summed E-state index contributed by atoms with van der Waals surface area (Å²) in [6.45, 7) is 13.0. The molecule has 5 rings (SSSR count). The van der Waals surface area contributed by atoms with Gasteiger partial charge in [-0.15, -0.1) is 0 Å². The summed E-state index contributed by atoms with van der Waals surface area (Å²) < 4.78 is 104. The maximum Gasteiger partial charge on any atom is 0.294 e. The molecule has 0 radical (unpaired) electrons. The van der Waals surface area contributed by atoms with Crippen LogP contribution in [-0.2, 0) is 52.5 Å². The molecule has 2 aromatic carbocycles. The molecule has 0 spiro atoms. The van der Waals surface area contributed by atoms with E-state index in [4.69, 9.17) is 0 Å². The molecule has 0 bridgehead atoms. The number of unbranched alkanes of at least 4 members (excludes halogenated alkanes) is 2. The van der Waals surface area contributed by atoms with Crippen LogP contribution in [0.1, 0.15) is 95.4 Å². The number of pyridine rings is 1. The second kappa shape index (κ2) is 18.3. The van der Waals surface area contributed by atoms with Crippen LogP contribution >= 0.6 is 0 Å². The van der Waals surface area contributed by atoms with Gasteiger partial charge in [-0.1, -0.05) is 31.6 Å². The van der Waals surface area contributed by atoms with Gasteiger partial charge >= 0.3 is 0 Å². The Labute approximate surface area is 355 Å². The van der Waals surface area contributed by atoms with E-state index < -0.39 is 46.9 Å². The molecule has 3 aromatic rings. The van der Waals surface area contributed by atoms with Crippen molar-refractivity contribution < 1.29 is 52.8 Å². The normalized spacial score (nSPS) is 17.2. The first kappa shape index (κ1) is 46.7. The van der Waals surface area contributed by atoms with E-state index >= 15 is 0 Å². The average Bonchev–Trinajstić information content (AvgIpc) is 3.47. The zero-order valence-electron chi connectivity index (χ0n) is 35.1. The van der Waals surface area contributed by atoms with E-state index in [1.807, 2.05) is 86.6 Å². The highest BCUT2D eigenvalue weighted by Crippen LogP contribution is 2.49. The fourth-order valence-corrected chi connectivity index (χ4v) is 9.62. The Morgan fingerprint density at radius 1 is 0.767 bits per heavy atom. The van der Waals surface area contributed by atoms with Crippen LogP contribution in [0.2, 0.25) is 0 Å². The number of allylic oxidation sites excluding steroid dienone is 6. The molecule has 324 valence electrons. The number of carbonyl (C=O) groups is 1. The number of ketones is 1. The van der Waals surface area contributed by atoms with Gasteiger partial charge in [-0.05, 0) is 100 Å². The van der Waals surface area contributed by atoms with E-state index in [1.165, 1.54) is 12.1 Å². The average molecular weight is 884 g/mol. The van der Waals surface area contributed by atoms with Gasteiger partial charge in [-0.3, -0.25) is 13.7 Å². The zero-order chi connectivity index (χ0) is 44.3. The molecule has 0 amide bonds. The zero-order valence-corrected chi connectivity index (χ0v) is 37.6. The van der Waals surface area contributed by atoms with Gasteiger partial charge in [0.1, 0.15) is 18.9 Å². The van der Waals surface area contributed by atoms with Crippen molar-refractivity contribution in [2.45, 2.75) is 102 Å². The van der Waals surface area contributed by atoms with Crippen LogP contribution in [0.5, 0.6) is 0 Å².